The molecule has 0 bridgehead atoms. The number of nitrogens with zero attached hydrogens (tertiary/aromatic N) is 1. The molecule has 0 spiro atoms. The third-order valence-corrected chi connectivity index (χ3v) is 7.55. The van der Waals surface area contributed by atoms with Crippen molar-refractivity contribution in [2.45, 2.75) is 38.1 Å². The fourth-order valence-electron chi connectivity index (χ4n) is 5.53. The van der Waals surface area contributed by atoms with Crippen LogP contribution in [0.5, 0.6) is 0 Å². The first-order valence-electron chi connectivity index (χ1n) is 12.8. The highest BCUT2D eigenvalue weighted by atomic mass is 16.5. The van der Waals surface area contributed by atoms with Gasteiger partial charge in [0.05, 0.1) is 25.2 Å². The van der Waals surface area contributed by atoms with Crippen molar-refractivity contribution >= 4 is 5.91 Å². The zero-order valence-corrected chi connectivity index (χ0v) is 21.0. The fourth-order valence-corrected chi connectivity index (χ4v) is 5.53. The lowest BCUT2D eigenvalue weighted by molar-refractivity contribution is -0.144. The number of carbonyl (C=O) groups is 1. The number of morpholine rings is 1. The topological polar surface area (TPSA) is 41.6 Å². The van der Waals surface area contributed by atoms with E-state index in [1.807, 2.05) is 18.2 Å². The molecule has 0 unspecified atom stereocenters. The molecule has 182 valence electrons. The maximum atomic E-state index is 14.0. The van der Waals surface area contributed by atoms with E-state index in [9.17, 15) is 4.79 Å². The van der Waals surface area contributed by atoms with Crippen LogP contribution in [-0.4, -0.2) is 43.7 Å². The van der Waals surface area contributed by atoms with Gasteiger partial charge in [-0.15, -0.1) is 0 Å². The number of hydrogen-bond acceptors (Lipinski definition) is 3. The molecule has 2 fully saturated rings. The molecule has 2 heterocycles. The van der Waals surface area contributed by atoms with Crippen molar-refractivity contribution in [2.24, 2.45) is 5.92 Å². The summed E-state index contributed by atoms with van der Waals surface area (Å²) in [6.07, 6.45) is 0. The monoisotopic (exact) mass is 468 g/mol. The Morgan fingerprint density at radius 2 is 1.63 bits per heavy atom. The van der Waals surface area contributed by atoms with Gasteiger partial charge in [-0.2, -0.15) is 0 Å². The Labute approximate surface area is 209 Å². The number of carbonyl (C=O) groups excluding carboxylic acids is 1. The summed E-state index contributed by atoms with van der Waals surface area (Å²) in [6.45, 7) is 10.0. The van der Waals surface area contributed by atoms with Crippen LogP contribution in [0, 0.1) is 5.92 Å². The van der Waals surface area contributed by atoms with Crippen LogP contribution in [0.1, 0.15) is 49.4 Å². The van der Waals surface area contributed by atoms with Crippen LogP contribution in [0.25, 0.3) is 11.1 Å². The van der Waals surface area contributed by atoms with E-state index in [1.165, 1.54) is 22.3 Å². The molecule has 3 aromatic rings. The van der Waals surface area contributed by atoms with E-state index in [-0.39, 0.29) is 29.2 Å². The van der Waals surface area contributed by atoms with E-state index in [4.69, 9.17) is 4.74 Å². The van der Waals surface area contributed by atoms with Crippen LogP contribution in [0.3, 0.4) is 0 Å². The maximum absolute atomic E-state index is 14.0. The van der Waals surface area contributed by atoms with E-state index in [1.54, 1.807) is 0 Å². The van der Waals surface area contributed by atoms with Gasteiger partial charge in [0.15, 0.2) is 0 Å². The second-order valence-electron chi connectivity index (χ2n) is 10.8. The normalized spacial score (nSPS) is 22.8. The molecule has 0 radical (unpaired) electrons. The van der Waals surface area contributed by atoms with E-state index in [2.05, 4.69) is 91.7 Å². The molecule has 3 aromatic carbocycles. The van der Waals surface area contributed by atoms with Gasteiger partial charge >= 0.3 is 0 Å². The number of rotatable bonds is 4. The summed E-state index contributed by atoms with van der Waals surface area (Å²) < 4.78 is 5.79. The fraction of sp³-hybridized carbons (Fsp3) is 0.387. The molecule has 35 heavy (non-hydrogen) atoms. The first-order valence-corrected chi connectivity index (χ1v) is 12.8. The number of amides is 1. The van der Waals surface area contributed by atoms with Crippen LogP contribution in [-0.2, 0) is 14.9 Å². The van der Waals surface area contributed by atoms with E-state index < -0.39 is 0 Å². The minimum absolute atomic E-state index is 0.0288. The maximum Gasteiger partial charge on any atom is 0.228 e. The third-order valence-electron chi connectivity index (χ3n) is 7.55. The minimum atomic E-state index is -0.0886. The van der Waals surface area contributed by atoms with E-state index in [0.29, 0.717) is 26.3 Å². The van der Waals surface area contributed by atoms with Crippen LogP contribution < -0.4 is 5.32 Å². The van der Waals surface area contributed by atoms with Crippen LogP contribution in [0.2, 0.25) is 0 Å². The molecular formula is C31H36N2O2. The summed E-state index contributed by atoms with van der Waals surface area (Å²) in [5, 5.41) is 3.52. The van der Waals surface area contributed by atoms with Crippen molar-refractivity contribution in [1.29, 1.82) is 0 Å². The lowest BCUT2D eigenvalue weighted by Crippen LogP contribution is -2.47. The standard InChI is InChI=1S/C31H36N2O2/c1-31(2,3)24-15-13-22(14-16-24)25-11-7-8-12-26(25)27-19-32-20-28(27)30(34)33-17-18-35-21-29(33)23-9-5-4-6-10-23/h4-16,27-29,32H,17-21H2,1-3H3/t27-,28+,29+/m0/s1. The first kappa shape index (κ1) is 23.8. The summed E-state index contributed by atoms with van der Waals surface area (Å²) in [7, 11) is 0. The second-order valence-corrected chi connectivity index (χ2v) is 10.8. The number of benzene rings is 3. The van der Waals surface area contributed by atoms with Gasteiger partial charge in [0.1, 0.15) is 0 Å². The molecule has 2 aliphatic heterocycles. The molecular weight excluding hydrogens is 432 g/mol. The molecule has 0 aliphatic carbocycles. The highest BCUT2D eigenvalue weighted by Gasteiger charge is 2.40. The lowest BCUT2D eigenvalue weighted by atomic mass is 9.82. The summed E-state index contributed by atoms with van der Waals surface area (Å²) >= 11 is 0. The van der Waals surface area contributed by atoms with Crippen LogP contribution in [0.15, 0.2) is 78.9 Å². The van der Waals surface area contributed by atoms with Gasteiger partial charge < -0.3 is 15.0 Å². The van der Waals surface area contributed by atoms with E-state index >= 15 is 0 Å². The van der Waals surface area contributed by atoms with Gasteiger partial charge in [-0.25, -0.2) is 0 Å². The third kappa shape index (κ3) is 4.91. The van der Waals surface area contributed by atoms with E-state index in [0.717, 1.165) is 12.1 Å². The van der Waals surface area contributed by atoms with Crippen molar-refractivity contribution in [3.05, 3.63) is 95.6 Å². The predicted octanol–water partition coefficient (Wildman–Crippen LogP) is 5.55. The molecule has 5 rings (SSSR count). The zero-order chi connectivity index (χ0) is 24.4. The Hall–Kier alpha value is -2.95. The average Bonchev–Trinajstić information content (AvgIpc) is 3.38. The Kier molecular flexibility index (Phi) is 6.77. The minimum Gasteiger partial charge on any atom is -0.377 e. The Morgan fingerprint density at radius 1 is 0.914 bits per heavy atom. The number of nitrogens with one attached hydrogen (secondary N) is 1. The summed E-state index contributed by atoms with van der Waals surface area (Å²) in [5.74, 6) is 0.282. The van der Waals surface area contributed by atoms with Crippen LogP contribution in [0.4, 0.5) is 0 Å². The predicted molar refractivity (Wildman–Crippen MR) is 141 cm³/mol. The lowest BCUT2D eigenvalue weighted by Gasteiger charge is -2.38. The molecule has 0 saturated carbocycles. The Bertz CT molecular complexity index is 1150. The molecule has 0 aromatic heterocycles. The van der Waals surface area contributed by atoms with Gasteiger partial charge in [0.25, 0.3) is 0 Å². The molecule has 3 atom stereocenters. The van der Waals surface area contributed by atoms with Gasteiger partial charge in [-0.1, -0.05) is 99.6 Å². The van der Waals surface area contributed by atoms with Crippen molar-refractivity contribution in [2.75, 3.05) is 32.8 Å². The first-order chi connectivity index (χ1) is 16.9. The van der Waals surface area contributed by atoms with Gasteiger partial charge in [0.2, 0.25) is 5.91 Å². The number of ether oxygens (including phenoxy) is 1. The van der Waals surface area contributed by atoms with Gasteiger partial charge in [-0.05, 0) is 33.2 Å². The molecule has 1 amide bonds. The highest BCUT2D eigenvalue weighted by molar-refractivity contribution is 5.82. The van der Waals surface area contributed by atoms with Gasteiger partial charge in [0, 0.05) is 25.6 Å². The van der Waals surface area contributed by atoms with Crippen molar-refractivity contribution in [3.63, 3.8) is 0 Å². The Morgan fingerprint density at radius 3 is 2.37 bits per heavy atom. The molecule has 4 heteroatoms. The zero-order valence-electron chi connectivity index (χ0n) is 21.0. The molecule has 2 aliphatic rings. The highest BCUT2D eigenvalue weighted by Crippen LogP contribution is 2.38. The number of hydrogen-bond donors (Lipinski definition) is 1. The molecule has 2 saturated heterocycles. The summed E-state index contributed by atoms with van der Waals surface area (Å²) in [4.78, 5) is 16.1. The van der Waals surface area contributed by atoms with Gasteiger partial charge in [-0.3, -0.25) is 4.79 Å². The molecule has 4 nitrogen and oxygen atoms in total. The second kappa shape index (κ2) is 9.96. The van der Waals surface area contributed by atoms with Crippen molar-refractivity contribution in [1.82, 2.24) is 10.2 Å². The van der Waals surface area contributed by atoms with Crippen molar-refractivity contribution < 1.29 is 9.53 Å². The largest absolute Gasteiger partial charge is 0.377 e. The summed E-state index contributed by atoms with van der Waals surface area (Å²) in [5.41, 5.74) is 6.28. The average molecular weight is 469 g/mol. The van der Waals surface area contributed by atoms with Crippen LogP contribution >= 0.6 is 0 Å². The Balaban J connectivity index is 1.44. The quantitative estimate of drug-likeness (QED) is 0.546. The summed E-state index contributed by atoms with van der Waals surface area (Å²) in [6, 6.07) is 27.8. The SMILES string of the molecule is CC(C)(C)c1ccc(-c2ccccc2[C@@H]2CNC[C@H]2C(=O)N2CCOC[C@@H]2c2ccccc2)cc1. The van der Waals surface area contributed by atoms with Crippen molar-refractivity contribution in [3.8, 4) is 11.1 Å². The molecule has 1 N–H and O–H groups in total. The smallest absolute Gasteiger partial charge is 0.228 e.